The first-order chi connectivity index (χ1) is 7.79. The smallest absolute Gasteiger partial charge is 0.150 e. The molecule has 0 saturated carbocycles. The number of sulfone groups is 1. The summed E-state index contributed by atoms with van der Waals surface area (Å²) >= 11 is 0. The Kier molecular flexibility index (Phi) is 4.54. The van der Waals surface area contributed by atoms with Crippen LogP contribution in [0.3, 0.4) is 0 Å². The van der Waals surface area contributed by atoms with Crippen LogP contribution in [-0.2, 0) is 9.84 Å². The number of aliphatic hydroxyl groups is 1. The molecule has 1 aromatic carbocycles. The van der Waals surface area contributed by atoms with Gasteiger partial charge in [-0.1, -0.05) is 6.07 Å². The SMILES string of the molecule is Cc1cc([C@H](C)O)ccc1OCCS(C)(=O)=O. The Morgan fingerprint density at radius 3 is 2.53 bits per heavy atom. The molecule has 0 aliphatic carbocycles. The van der Waals surface area contributed by atoms with Crippen molar-refractivity contribution in [3.8, 4) is 5.75 Å². The van der Waals surface area contributed by atoms with Gasteiger partial charge in [0.15, 0.2) is 9.84 Å². The second-order valence-electron chi connectivity index (χ2n) is 4.18. The van der Waals surface area contributed by atoms with Gasteiger partial charge in [0.2, 0.25) is 0 Å². The second kappa shape index (κ2) is 5.51. The average molecular weight is 258 g/mol. The second-order valence-corrected chi connectivity index (χ2v) is 6.44. The third kappa shape index (κ3) is 4.75. The minimum atomic E-state index is -2.99. The van der Waals surface area contributed by atoms with Gasteiger partial charge in [-0.25, -0.2) is 8.42 Å². The summed E-state index contributed by atoms with van der Waals surface area (Å²) in [6.07, 6.45) is 0.665. The summed E-state index contributed by atoms with van der Waals surface area (Å²) in [7, 11) is -2.99. The fourth-order valence-corrected chi connectivity index (χ4v) is 1.78. The lowest BCUT2D eigenvalue weighted by Crippen LogP contribution is -2.12. The van der Waals surface area contributed by atoms with Crippen LogP contribution in [-0.4, -0.2) is 32.1 Å². The van der Waals surface area contributed by atoms with Crippen molar-refractivity contribution in [3.05, 3.63) is 29.3 Å². The standard InChI is InChI=1S/C12H18O4S/c1-9-8-11(10(2)13)4-5-12(9)16-6-7-17(3,14)15/h4-5,8,10,13H,6-7H2,1-3H3/t10-/m0/s1. The molecule has 1 N–H and O–H groups in total. The zero-order valence-corrected chi connectivity index (χ0v) is 11.1. The minimum absolute atomic E-state index is 0.00456. The molecule has 0 aliphatic rings. The number of hydrogen-bond acceptors (Lipinski definition) is 4. The van der Waals surface area contributed by atoms with Gasteiger partial charge in [0.1, 0.15) is 12.4 Å². The summed E-state index contributed by atoms with van der Waals surface area (Å²) in [5.74, 6) is 0.656. The van der Waals surface area contributed by atoms with Crippen LogP contribution in [0.4, 0.5) is 0 Å². The van der Waals surface area contributed by atoms with E-state index in [-0.39, 0.29) is 12.4 Å². The first-order valence-corrected chi connectivity index (χ1v) is 7.45. The third-order valence-electron chi connectivity index (χ3n) is 2.39. The van der Waals surface area contributed by atoms with Gasteiger partial charge in [0.05, 0.1) is 11.9 Å². The summed E-state index contributed by atoms with van der Waals surface area (Å²) < 4.78 is 27.3. The fourth-order valence-electron chi connectivity index (χ4n) is 1.40. The van der Waals surface area contributed by atoms with E-state index in [1.807, 2.05) is 13.0 Å². The lowest BCUT2D eigenvalue weighted by Gasteiger charge is -2.11. The number of benzene rings is 1. The van der Waals surface area contributed by atoms with Crippen LogP contribution in [0, 0.1) is 6.92 Å². The Hall–Kier alpha value is -1.07. The maximum atomic E-state index is 10.9. The van der Waals surface area contributed by atoms with E-state index in [1.165, 1.54) is 6.26 Å². The molecule has 0 spiro atoms. The highest BCUT2D eigenvalue weighted by Crippen LogP contribution is 2.22. The minimum Gasteiger partial charge on any atom is -0.492 e. The number of ether oxygens (including phenoxy) is 1. The van der Waals surface area contributed by atoms with Gasteiger partial charge in [0, 0.05) is 6.26 Å². The van der Waals surface area contributed by atoms with E-state index in [0.29, 0.717) is 5.75 Å². The molecule has 0 radical (unpaired) electrons. The summed E-state index contributed by atoms with van der Waals surface area (Å²) in [6, 6.07) is 5.35. The zero-order valence-electron chi connectivity index (χ0n) is 10.3. The van der Waals surface area contributed by atoms with Gasteiger partial charge < -0.3 is 9.84 Å². The summed E-state index contributed by atoms with van der Waals surface area (Å²) in [6.45, 7) is 3.70. The molecule has 0 unspecified atom stereocenters. The van der Waals surface area contributed by atoms with Gasteiger partial charge in [-0.2, -0.15) is 0 Å². The molecule has 0 amide bonds. The van der Waals surface area contributed by atoms with E-state index in [0.717, 1.165) is 11.1 Å². The molecular formula is C12H18O4S. The molecule has 0 bridgehead atoms. The number of aryl methyl sites for hydroxylation is 1. The summed E-state index contributed by atoms with van der Waals surface area (Å²) in [4.78, 5) is 0. The van der Waals surface area contributed by atoms with Gasteiger partial charge in [0.25, 0.3) is 0 Å². The average Bonchev–Trinajstić information content (AvgIpc) is 2.18. The first kappa shape index (κ1) is 14.0. The lowest BCUT2D eigenvalue weighted by molar-refractivity contribution is 0.199. The van der Waals surface area contributed by atoms with Crippen LogP contribution in [0.2, 0.25) is 0 Å². The largest absolute Gasteiger partial charge is 0.492 e. The zero-order chi connectivity index (χ0) is 13.1. The maximum Gasteiger partial charge on any atom is 0.150 e. The molecule has 1 rings (SSSR count). The highest BCUT2D eigenvalue weighted by Gasteiger charge is 2.07. The normalized spacial score (nSPS) is 13.4. The topological polar surface area (TPSA) is 63.6 Å². The molecule has 1 atom stereocenters. The van der Waals surface area contributed by atoms with Crippen LogP contribution >= 0.6 is 0 Å². The Morgan fingerprint density at radius 2 is 2.06 bits per heavy atom. The maximum absolute atomic E-state index is 10.9. The van der Waals surface area contributed by atoms with E-state index in [1.54, 1.807) is 19.1 Å². The molecular weight excluding hydrogens is 240 g/mol. The van der Waals surface area contributed by atoms with E-state index >= 15 is 0 Å². The molecule has 4 nitrogen and oxygen atoms in total. The number of hydrogen-bond donors (Lipinski definition) is 1. The highest BCUT2D eigenvalue weighted by molar-refractivity contribution is 7.90. The molecule has 0 saturated heterocycles. The van der Waals surface area contributed by atoms with E-state index in [9.17, 15) is 13.5 Å². The van der Waals surface area contributed by atoms with Gasteiger partial charge in [-0.15, -0.1) is 0 Å². The van der Waals surface area contributed by atoms with Crippen molar-refractivity contribution < 1.29 is 18.3 Å². The van der Waals surface area contributed by atoms with Gasteiger partial charge in [-0.05, 0) is 37.1 Å². The predicted octanol–water partition coefficient (Wildman–Crippen LogP) is 1.47. The van der Waals surface area contributed by atoms with Gasteiger partial charge >= 0.3 is 0 Å². The van der Waals surface area contributed by atoms with Crippen LogP contribution in [0.1, 0.15) is 24.2 Å². The molecule has 17 heavy (non-hydrogen) atoms. The highest BCUT2D eigenvalue weighted by atomic mass is 32.2. The predicted molar refractivity (Wildman–Crippen MR) is 67.0 cm³/mol. The van der Waals surface area contributed by atoms with Crippen LogP contribution in [0.15, 0.2) is 18.2 Å². The van der Waals surface area contributed by atoms with Crippen molar-refractivity contribution in [2.75, 3.05) is 18.6 Å². The Bertz CT molecular complexity index is 477. The molecule has 1 aromatic rings. The fraction of sp³-hybridized carbons (Fsp3) is 0.500. The monoisotopic (exact) mass is 258 g/mol. The van der Waals surface area contributed by atoms with Crippen molar-refractivity contribution in [2.45, 2.75) is 20.0 Å². The first-order valence-electron chi connectivity index (χ1n) is 5.39. The molecule has 0 heterocycles. The Labute approximate surface area is 102 Å². The van der Waals surface area contributed by atoms with E-state index < -0.39 is 15.9 Å². The van der Waals surface area contributed by atoms with E-state index in [2.05, 4.69) is 0 Å². The molecule has 0 aliphatic heterocycles. The van der Waals surface area contributed by atoms with Crippen LogP contribution < -0.4 is 4.74 Å². The van der Waals surface area contributed by atoms with Crippen molar-refractivity contribution in [1.82, 2.24) is 0 Å². The summed E-state index contributed by atoms with van der Waals surface area (Å²) in [5, 5.41) is 9.40. The van der Waals surface area contributed by atoms with Crippen molar-refractivity contribution in [1.29, 1.82) is 0 Å². The van der Waals surface area contributed by atoms with Crippen LogP contribution in [0.25, 0.3) is 0 Å². The molecule has 0 fully saturated rings. The van der Waals surface area contributed by atoms with Gasteiger partial charge in [-0.3, -0.25) is 0 Å². The molecule has 5 heteroatoms. The lowest BCUT2D eigenvalue weighted by atomic mass is 10.1. The van der Waals surface area contributed by atoms with Crippen molar-refractivity contribution in [2.24, 2.45) is 0 Å². The number of aliphatic hydroxyl groups excluding tert-OH is 1. The Balaban J connectivity index is 2.67. The van der Waals surface area contributed by atoms with Crippen LogP contribution in [0.5, 0.6) is 5.75 Å². The third-order valence-corrected chi connectivity index (χ3v) is 3.30. The van der Waals surface area contributed by atoms with E-state index in [4.69, 9.17) is 4.74 Å². The quantitative estimate of drug-likeness (QED) is 0.868. The van der Waals surface area contributed by atoms with Crippen molar-refractivity contribution >= 4 is 9.84 Å². The molecule has 96 valence electrons. The molecule has 0 aromatic heterocycles. The Morgan fingerprint density at radius 1 is 1.41 bits per heavy atom. The summed E-state index contributed by atoms with van der Waals surface area (Å²) in [5.41, 5.74) is 1.70. The number of rotatable bonds is 5. The van der Waals surface area contributed by atoms with Crippen molar-refractivity contribution in [3.63, 3.8) is 0 Å².